The first-order valence-corrected chi connectivity index (χ1v) is 11.8. The van der Waals surface area contributed by atoms with E-state index in [2.05, 4.69) is 13.5 Å². The maximum atomic E-state index is 12.7. The standard InChI is InChI=1S/C20H22N4O3S2/c25-20(16-5-2-1-3-6-16)24-13-10-15(11-14-24)9-12-21-29(26,27)18-8-4-7-17-19(18)23-28-22-17/h1-8,15,21H,9-14H2. The quantitative estimate of drug-likeness (QED) is 0.649. The smallest absolute Gasteiger partial charge is 0.253 e. The van der Waals surface area contributed by atoms with E-state index >= 15 is 0 Å². The number of carbonyl (C=O) groups is 1. The van der Waals surface area contributed by atoms with Crippen molar-refractivity contribution in [3.05, 3.63) is 54.1 Å². The van der Waals surface area contributed by atoms with Crippen LogP contribution in [0.3, 0.4) is 0 Å². The molecule has 2 heterocycles. The lowest BCUT2D eigenvalue weighted by Gasteiger charge is -2.32. The molecule has 152 valence electrons. The number of nitrogens with one attached hydrogen (secondary N) is 1. The Balaban J connectivity index is 1.29. The Morgan fingerprint density at radius 2 is 1.83 bits per heavy atom. The van der Waals surface area contributed by atoms with Crippen molar-refractivity contribution in [1.29, 1.82) is 0 Å². The predicted octanol–water partition coefficient (Wildman–Crippen LogP) is 2.91. The van der Waals surface area contributed by atoms with E-state index in [4.69, 9.17) is 0 Å². The summed E-state index contributed by atoms with van der Waals surface area (Å²) in [6, 6.07) is 14.3. The summed E-state index contributed by atoms with van der Waals surface area (Å²) < 4.78 is 36.2. The van der Waals surface area contributed by atoms with Crippen LogP contribution in [0.5, 0.6) is 0 Å². The van der Waals surface area contributed by atoms with Crippen LogP contribution in [0.1, 0.15) is 29.6 Å². The van der Waals surface area contributed by atoms with Gasteiger partial charge in [0.2, 0.25) is 10.0 Å². The molecule has 0 bridgehead atoms. The number of likely N-dealkylation sites (tertiary alicyclic amines) is 1. The third-order valence-electron chi connectivity index (χ3n) is 5.31. The molecule has 0 radical (unpaired) electrons. The number of rotatable bonds is 6. The molecule has 1 aliphatic heterocycles. The second kappa shape index (κ2) is 8.56. The van der Waals surface area contributed by atoms with Crippen molar-refractivity contribution in [2.24, 2.45) is 5.92 Å². The van der Waals surface area contributed by atoms with E-state index in [1.54, 1.807) is 18.2 Å². The SMILES string of the molecule is O=C(c1ccccc1)N1CCC(CCNS(=O)(=O)c2cccc3nsnc23)CC1. The minimum atomic E-state index is -3.63. The van der Waals surface area contributed by atoms with Crippen molar-refractivity contribution in [2.45, 2.75) is 24.2 Å². The maximum Gasteiger partial charge on any atom is 0.253 e. The first-order chi connectivity index (χ1) is 14.0. The van der Waals surface area contributed by atoms with E-state index in [1.807, 2.05) is 35.2 Å². The number of aromatic nitrogens is 2. The van der Waals surface area contributed by atoms with Crippen molar-refractivity contribution in [3.63, 3.8) is 0 Å². The molecule has 0 spiro atoms. The minimum absolute atomic E-state index is 0.0646. The van der Waals surface area contributed by atoms with Gasteiger partial charge >= 0.3 is 0 Å². The van der Waals surface area contributed by atoms with Gasteiger partial charge in [0.1, 0.15) is 15.9 Å². The Bertz CT molecular complexity index is 1090. The van der Waals surface area contributed by atoms with Gasteiger partial charge in [-0.25, -0.2) is 13.1 Å². The molecule has 7 nitrogen and oxygen atoms in total. The normalized spacial score (nSPS) is 15.7. The number of carbonyl (C=O) groups excluding carboxylic acids is 1. The Kier molecular flexibility index (Phi) is 5.89. The fraction of sp³-hybridized carbons (Fsp3) is 0.350. The molecule has 1 amide bonds. The predicted molar refractivity (Wildman–Crippen MR) is 112 cm³/mol. The number of benzene rings is 2. The molecular formula is C20H22N4O3S2. The van der Waals surface area contributed by atoms with E-state index in [-0.39, 0.29) is 10.8 Å². The molecule has 1 aliphatic rings. The third kappa shape index (κ3) is 4.47. The first kappa shape index (κ1) is 19.9. The molecule has 0 saturated carbocycles. The summed E-state index contributed by atoms with van der Waals surface area (Å²) in [6.45, 7) is 1.78. The monoisotopic (exact) mass is 430 g/mol. The Hall–Kier alpha value is -2.36. The molecule has 2 aromatic carbocycles. The van der Waals surface area contributed by atoms with E-state index in [9.17, 15) is 13.2 Å². The molecule has 1 aromatic heterocycles. The van der Waals surface area contributed by atoms with E-state index in [1.165, 1.54) is 0 Å². The third-order valence-corrected chi connectivity index (χ3v) is 7.34. The van der Waals surface area contributed by atoms with Gasteiger partial charge in [-0.3, -0.25) is 4.79 Å². The van der Waals surface area contributed by atoms with Gasteiger partial charge in [0.05, 0.1) is 11.7 Å². The second-order valence-corrected chi connectivity index (χ2v) is 9.44. The molecule has 1 N–H and O–H groups in total. The minimum Gasteiger partial charge on any atom is -0.339 e. The highest BCUT2D eigenvalue weighted by Gasteiger charge is 2.24. The van der Waals surface area contributed by atoms with Gasteiger partial charge in [0.25, 0.3) is 5.91 Å². The Morgan fingerprint density at radius 1 is 1.07 bits per heavy atom. The van der Waals surface area contributed by atoms with Gasteiger partial charge in [0.15, 0.2) is 0 Å². The lowest BCUT2D eigenvalue weighted by atomic mass is 9.93. The zero-order valence-corrected chi connectivity index (χ0v) is 17.5. The van der Waals surface area contributed by atoms with Crippen LogP contribution in [0.25, 0.3) is 11.0 Å². The fourth-order valence-corrected chi connectivity index (χ4v) is 5.47. The van der Waals surface area contributed by atoms with E-state index in [0.717, 1.165) is 31.0 Å². The van der Waals surface area contributed by atoms with Gasteiger partial charge in [-0.05, 0) is 49.4 Å². The number of piperidine rings is 1. The van der Waals surface area contributed by atoms with Gasteiger partial charge in [0, 0.05) is 25.2 Å². The summed E-state index contributed by atoms with van der Waals surface area (Å²) in [5.41, 5.74) is 1.72. The first-order valence-electron chi connectivity index (χ1n) is 9.60. The van der Waals surface area contributed by atoms with Gasteiger partial charge in [-0.1, -0.05) is 24.3 Å². The molecule has 4 rings (SSSR count). The highest BCUT2D eigenvalue weighted by atomic mass is 32.2. The number of fused-ring (bicyclic) bond motifs is 1. The molecule has 0 unspecified atom stereocenters. The molecule has 29 heavy (non-hydrogen) atoms. The molecular weight excluding hydrogens is 408 g/mol. The highest BCUT2D eigenvalue weighted by Crippen LogP contribution is 2.23. The van der Waals surface area contributed by atoms with Crippen LogP contribution in [-0.2, 0) is 10.0 Å². The van der Waals surface area contributed by atoms with Crippen LogP contribution in [0.4, 0.5) is 0 Å². The van der Waals surface area contributed by atoms with Crippen molar-refractivity contribution in [2.75, 3.05) is 19.6 Å². The number of hydrogen-bond donors (Lipinski definition) is 1. The topological polar surface area (TPSA) is 92.3 Å². The number of sulfonamides is 1. The lowest BCUT2D eigenvalue weighted by Crippen LogP contribution is -2.39. The van der Waals surface area contributed by atoms with Crippen LogP contribution in [0.2, 0.25) is 0 Å². The van der Waals surface area contributed by atoms with Crippen LogP contribution < -0.4 is 4.72 Å². The van der Waals surface area contributed by atoms with Crippen LogP contribution in [0, 0.1) is 5.92 Å². The average Bonchev–Trinajstić information content (AvgIpc) is 3.23. The fourth-order valence-electron chi connectivity index (χ4n) is 3.66. The molecule has 3 aromatic rings. The van der Waals surface area contributed by atoms with Gasteiger partial charge < -0.3 is 4.90 Å². The van der Waals surface area contributed by atoms with Gasteiger partial charge in [-0.2, -0.15) is 8.75 Å². The van der Waals surface area contributed by atoms with Crippen molar-refractivity contribution >= 4 is 38.7 Å². The molecule has 0 atom stereocenters. The Labute approximate surface area is 174 Å². The van der Waals surface area contributed by atoms with E-state index in [0.29, 0.717) is 42.1 Å². The molecule has 1 fully saturated rings. The van der Waals surface area contributed by atoms with Crippen LogP contribution in [0.15, 0.2) is 53.4 Å². The second-order valence-electron chi connectivity index (χ2n) is 7.18. The Morgan fingerprint density at radius 3 is 2.59 bits per heavy atom. The zero-order chi connectivity index (χ0) is 20.3. The summed E-state index contributed by atoms with van der Waals surface area (Å²) in [6.07, 6.45) is 2.51. The van der Waals surface area contributed by atoms with Crippen molar-refractivity contribution in [3.8, 4) is 0 Å². The number of nitrogens with zero attached hydrogens (tertiary/aromatic N) is 3. The maximum absolute atomic E-state index is 12.7. The van der Waals surface area contributed by atoms with Crippen molar-refractivity contribution in [1.82, 2.24) is 18.4 Å². The number of amides is 1. The van der Waals surface area contributed by atoms with Crippen LogP contribution in [-0.4, -0.2) is 47.6 Å². The van der Waals surface area contributed by atoms with Gasteiger partial charge in [-0.15, -0.1) is 0 Å². The summed E-state index contributed by atoms with van der Waals surface area (Å²) in [5, 5.41) is 0. The average molecular weight is 431 g/mol. The van der Waals surface area contributed by atoms with Crippen molar-refractivity contribution < 1.29 is 13.2 Å². The molecule has 0 aliphatic carbocycles. The number of hydrogen-bond acceptors (Lipinski definition) is 6. The zero-order valence-electron chi connectivity index (χ0n) is 15.8. The largest absolute Gasteiger partial charge is 0.339 e. The summed E-state index contributed by atoms with van der Waals surface area (Å²) in [5.74, 6) is 0.462. The highest BCUT2D eigenvalue weighted by molar-refractivity contribution is 7.89. The molecule has 1 saturated heterocycles. The molecule has 9 heteroatoms. The summed E-state index contributed by atoms with van der Waals surface area (Å²) in [7, 11) is -3.63. The lowest BCUT2D eigenvalue weighted by molar-refractivity contribution is 0.0687. The van der Waals surface area contributed by atoms with E-state index < -0.39 is 10.0 Å². The summed E-state index contributed by atoms with van der Waals surface area (Å²) in [4.78, 5) is 14.6. The summed E-state index contributed by atoms with van der Waals surface area (Å²) >= 11 is 1.01. The van der Waals surface area contributed by atoms with Crippen LogP contribution >= 0.6 is 11.7 Å².